The summed E-state index contributed by atoms with van der Waals surface area (Å²) in [4.78, 5) is 11.2. The van der Waals surface area contributed by atoms with Gasteiger partial charge in [0.1, 0.15) is 0 Å². The Hall–Kier alpha value is -1.29. The maximum Gasteiger partial charge on any atom is 0.221 e. The minimum atomic E-state index is 0.0932. The van der Waals surface area contributed by atoms with Crippen LogP contribution in [0.5, 0.6) is 0 Å². The second-order valence-electron chi connectivity index (χ2n) is 4.98. The zero-order chi connectivity index (χ0) is 13.0. The van der Waals surface area contributed by atoms with Crippen LogP contribution in [0.1, 0.15) is 37.8 Å². The van der Waals surface area contributed by atoms with Gasteiger partial charge in [-0.3, -0.25) is 4.79 Å². The first-order valence-corrected chi connectivity index (χ1v) is 6.84. The van der Waals surface area contributed by atoms with Gasteiger partial charge in [0.2, 0.25) is 5.91 Å². The minimum absolute atomic E-state index is 0.0932. The number of nitrogens with zero attached hydrogens (tertiary/aromatic N) is 1. The number of aromatic nitrogens is 1. The Bertz CT molecular complexity index is 395. The van der Waals surface area contributed by atoms with Crippen molar-refractivity contribution in [3.8, 4) is 0 Å². The molecule has 0 spiro atoms. The van der Waals surface area contributed by atoms with Gasteiger partial charge >= 0.3 is 0 Å². The molecule has 1 aromatic heterocycles. The maximum atomic E-state index is 11.2. The molecule has 1 unspecified atom stereocenters. The zero-order valence-electron chi connectivity index (χ0n) is 11.3. The summed E-state index contributed by atoms with van der Waals surface area (Å²) in [6, 6.07) is 2.67. The molecule has 0 aromatic carbocycles. The summed E-state index contributed by atoms with van der Waals surface area (Å²) >= 11 is 0. The molecule has 1 saturated carbocycles. The number of carbonyl (C=O) groups is 1. The molecule has 1 heterocycles. The van der Waals surface area contributed by atoms with E-state index in [0.717, 1.165) is 19.0 Å². The van der Waals surface area contributed by atoms with Gasteiger partial charge in [0.25, 0.3) is 0 Å². The van der Waals surface area contributed by atoms with Crippen molar-refractivity contribution in [2.45, 2.75) is 38.8 Å². The lowest BCUT2D eigenvalue weighted by molar-refractivity contribution is -0.120. The molecule has 18 heavy (non-hydrogen) atoms. The standard InChI is InChI=1S/C14H23N3O/c1-3-16-14(11-4-5-11)12-6-8-17(10-12)9-7-13(18)15-2/h6,8,10-11,14,16H,3-5,7,9H2,1-2H3,(H,15,18). The molecule has 2 N–H and O–H groups in total. The number of rotatable bonds is 7. The van der Waals surface area contributed by atoms with Crippen molar-refractivity contribution in [1.29, 1.82) is 0 Å². The average molecular weight is 249 g/mol. The SMILES string of the molecule is CCNC(c1ccn(CCC(=O)NC)c1)C1CC1. The van der Waals surface area contributed by atoms with Crippen LogP contribution >= 0.6 is 0 Å². The summed E-state index contributed by atoms with van der Waals surface area (Å²) in [5, 5.41) is 6.21. The van der Waals surface area contributed by atoms with Crippen molar-refractivity contribution in [2.75, 3.05) is 13.6 Å². The predicted octanol–water partition coefficient (Wildman–Crippen LogP) is 1.68. The minimum Gasteiger partial charge on any atom is -0.359 e. The van der Waals surface area contributed by atoms with Crippen molar-refractivity contribution in [2.24, 2.45) is 5.92 Å². The summed E-state index contributed by atoms with van der Waals surface area (Å²) in [6.07, 6.45) is 7.46. The second-order valence-corrected chi connectivity index (χ2v) is 4.98. The summed E-state index contributed by atoms with van der Waals surface area (Å²) in [5.41, 5.74) is 1.36. The molecule has 0 radical (unpaired) electrons. The van der Waals surface area contributed by atoms with Crippen LogP contribution in [0, 0.1) is 5.92 Å². The number of hydrogen-bond donors (Lipinski definition) is 2. The van der Waals surface area contributed by atoms with Gasteiger partial charge in [0.15, 0.2) is 0 Å². The maximum absolute atomic E-state index is 11.2. The summed E-state index contributed by atoms with van der Waals surface area (Å²) in [7, 11) is 1.68. The highest BCUT2D eigenvalue weighted by molar-refractivity contribution is 5.75. The van der Waals surface area contributed by atoms with Crippen molar-refractivity contribution in [1.82, 2.24) is 15.2 Å². The van der Waals surface area contributed by atoms with Gasteiger partial charge in [0.05, 0.1) is 0 Å². The monoisotopic (exact) mass is 249 g/mol. The van der Waals surface area contributed by atoms with Gasteiger partial charge in [-0.15, -0.1) is 0 Å². The highest BCUT2D eigenvalue weighted by Gasteiger charge is 2.31. The number of aryl methyl sites for hydroxylation is 1. The van der Waals surface area contributed by atoms with E-state index in [1.54, 1.807) is 7.05 Å². The van der Waals surface area contributed by atoms with Gasteiger partial charge in [-0.25, -0.2) is 0 Å². The summed E-state index contributed by atoms with van der Waals surface area (Å²) in [6.45, 7) is 3.91. The molecular weight excluding hydrogens is 226 g/mol. The molecule has 1 aliphatic rings. The molecule has 1 fully saturated rings. The van der Waals surface area contributed by atoms with Crippen molar-refractivity contribution in [3.05, 3.63) is 24.0 Å². The average Bonchev–Trinajstić information content (AvgIpc) is 3.11. The van der Waals surface area contributed by atoms with Crippen molar-refractivity contribution in [3.63, 3.8) is 0 Å². The first-order chi connectivity index (χ1) is 8.74. The van der Waals surface area contributed by atoms with E-state index in [2.05, 4.69) is 40.6 Å². The van der Waals surface area contributed by atoms with Crippen LogP contribution in [0.2, 0.25) is 0 Å². The van der Waals surface area contributed by atoms with E-state index in [0.29, 0.717) is 12.5 Å². The van der Waals surface area contributed by atoms with Gasteiger partial charge < -0.3 is 15.2 Å². The van der Waals surface area contributed by atoms with Gasteiger partial charge in [-0.05, 0) is 36.9 Å². The van der Waals surface area contributed by atoms with E-state index in [1.807, 2.05) is 0 Å². The predicted molar refractivity (Wildman–Crippen MR) is 72.3 cm³/mol. The topological polar surface area (TPSA) is 46.1 Å². The molecule has 0 bridgehead atoms. The van der Waals surface area contributed by atoms with E-state index in [1.165, 1.54) is 18.4 Å². The first kappa shape index (κ1) is 13.1. The molecule has 0 aliphatic heterocycles. The fourth-order valence-electron chi connectivity index (χ4n) is 2.34. The van der Waals surface area contributed by atoms with E-state index >= 15 is 0 Å². The number of nitrogens with one attached hydrogen (secondary N) is 2. The third-order valence-corrected chi connectivity index (χ3v) is 3.53. The molecule has 0 saturated heterocycles. The van der Waals surface area contributed by atoms with Gasteiger partial charge in [0, 0.05) is 38.4 Å². The van der Waals surface area contributed by atoms with Gasteiger partial charge in [-0.1, -0.05) is 6.92 Å². The van der Waals surface area contributed by atoms with E-state index in [4.69, 9.17) is 0 Å². The van der Waals surface area contributed by atoms with Crippen LogP contribution in [0.15, 0.2) is 18.5 Å². The van der Waals surface area contributed by atoms with E-state index < -0.39 is 0 Å². The van der Waals surface area contributed by atoms with Crippen LogP contribution in [-0.4, -0.2) is 24.1 Å². The van der Waals surface area contributed by atoms with Crippen LogP contribution in [0.25, 0.3) is 0 Å². The highest BCUT2D eigenvalue weighted by Crippen LogP contribution is 2.40. The molecule has 1 aliphatic carbocycles. The largest absolute Gasteiger partial charge is 0.359 e. The number of hydrogen-bond acceptors (Lipinski definition) is 2. The van der Waals surface area contributed by atoms with Crippen molar-refractivity contribution >= 4 is 5.91 Å². The normalized spacial score (nSPS) is 16.6. The van der Waals surface area contributed by atoms with Crippen LogP contribution in [0.4, 0.5) is 0 Å². The fourth-order valence-corrected chi connectivity index (χ4v) is 2.34. The lowest BCUT2D eigenvalue weighted by Gasteiger charge is -2.15. The molecule has 100 valence electrons. The quantitative estimate of drug-likeness (QED) is 0.772. The molecule has 2 rings (SSSR count). The van der Waals surface area contributed by atoms with E-state index in [9.17, 15) is 4.79 Å². The molecule has 1 amide bonds. The van der Waals surface area contributed by atoms with Crippen LogP contribution in [0.3, 0.4) is 0 Å². The molecule has 1 atom stereocenters. The third kappa shape index (κ3) is 3.35. The second kappa shape index (κ2) is 6.05. The summed E-state index contributed by atoms with van der Waals surface area (Å²) < 4.78 is 2.11. The third-order valence-electron chi connectivity index (χ3n) is 3.53. The fraction of sp³-hybridized carbons (Fsp3) is 0.643. The smallest absolute Gasteiger partial charge is 0.221 e. The Balaban J connectivity index is 1.93. The Kier molecular flexibility index (Phi) is 4.42. The van der Waals surface area contributed by atoms with Crippen molar-refractivity contribution < 1.29 is 4.79 Å². The van der Waals surface area contributed by atoms with Gasteiger partial charge in [-0.2, -0.15) is 0 Å². The van der Waals surface area contributed by atoms with Crippen LogP contribution in [-0.2, 0) is 11.3 Å². The van der Waals surface area contributed by atoms with Crippen LogP contribution < -0.4 is 10.6 Å². The first-order valence-electron chi connectivity index (χ1n) is 6.84. The Morgan fingerprint density at radius 2 is 2.33 bits per heavy atom. The number of amides is 1. The van der Waals surface area contributed by atoms with E-state index in [-0.39, 0.29) is 5.91 Å². The highest BCUT2D eigenvalue weighted by atomic mass is 16.1. The Morgan fingerprint density at radius 1 is 1.56 bits per heavy atom. The number of carbonyl (C=O) groups excluding carboxylic acids is 1. The molecule has 4 nitrogen and oxygen atoms in total. The lowest BCUT2D eigenvalue weighted by atomic mass is 10.1. The summed E-state index contributed by atoms with van der Waals surface area (Å²) in [5.74, 6) is 0.899. The Labute approximate surface area is 109 Å². The molecular formula is C14H23N3O. The zero-order valence-corrected chi connectivity index (χ0v) is 11.3. The molecule has 1 aromatic rings. The molecule has 4 heteroatoms. The Morgan fingerprint density at radius 3 is 2.94 bits per heavy atom. The lowest BCUT2D eigenvalue weighted by Crippen LogP contribution is -2.22.